The van der Waals surface area contributed by atoms with E-state index in [9.17, 15) is 4.79 Å². The fourth-order valence-corrected chi connectivity index (χ4v) is 2.99. The van der Waals surface area contributed by atoms with Crippen LogP contribution in [0, 0.1) is 5.92 Å². The number of hydrogen-bond acceptors (Lipinski definition) is 3. The van der Waals surface area contributed by atoms with Gasteiger partial charge in [0.2, 0.25) is 0 Å². The highest BCUT2D eigenvalue weighted by molar-refractivity contribution is 5.77. The Morgan fingerprint density at radius 1 is 1.45 bits per heavy atom. The van der Waals surface area contributed by atoms with Crippen molar-refractivity contribution < 1.29 is 14.3 Å². The van der Waals surface area contributed by atoms with Crippen molar-refractivity contribution in [2.45, 2.75) is 32.4 Å². The molecule has 1 aromatic heterocycles. The lowest BCUT2D eigenvalue weighted by molar-refractivity contribution is -0.144. The first-order valence-electron chi connectivity index (χ1n) is 7.08. The first kappa shape index (κ1) is 13.2. The number of aliphatic carboxylic acids is 1. The number of furan rings is 1. The summed E-state index contributed by atoms with van der Waals surface area (Å²) in [6, 6.07) is 10.3. The molecule has 1 N–H and O–H groups in total. The number of para-hydroxylation sites is 1. The van der Waals surface area contributed by atoms with Crippen LogP contribution in [0.15, 0.2) is 34.7 Å². The maximum atomic E-state index is 11.0. The normalized spacial score (nSPS) is 24.1. The Morgan fingerprint density at radius 3 is 2.95 bits per heavy atom. The minimum Gasteiger partial charge on any atom is -0.481 e. The molecule has 0 saturated carbocycles. The van der Waals surface area contributed by atoms with Crippen molar-refractivity contribution in [1.29, 1.82) is 0 Å². The average molecular weight is 273 g/mol. The molecule has 2 heterocycles. The Bertz CT molecular complexity index is 586. The number of piperidine rings is 1. The molecule has 1 fully saturated rings. The SMILES string of the molecule is CC1CC(C(=O)O)CCN1Cc1cc2ccccc2o1. The maximum Gasteiger partial charge on any atom is 0.306 e. The van der Waals surface area contributed by atoms with Gasteiger partial charge in [-0.05, 0) is 38.4 Å². The van der Waals surface area contributed by atoms with E-state index in [2.05, 4.69) is 17.9 Å². The van der Waals surface area contributed by atoms with E-state index in [-0.39, 0.29) is 12.0 Å². The van der Waals surface area contributed by atoms with Crippen molar-refractivity contribution in [2.75, 3.05) is 6.54 Å². The first-order valence-corrected chi connectivity index (χ1v) is 7.08. The molecular formula is C16H19NO3. The second-order valence-corrected chi connectivity index (χ2v) is 5.63. The van der Waals surface area contributed by atoms with Crippen molar-refractivity contribution in [2.24, 2.45) is 5.92 Å². The molecule has 3 rings (SSSR count). The summed E-state index contributed by atoms with van der Waals surface area (Å²) in [4.78, 5) is 13.3. The van der Waals surface area contributed by atoms with E-state index in [0.717, 1.165) is 42.7 Å². The van der Waals surface area contributed by atoms with Gasteiger partial charge in [0.15, 0.2) is 0 Å². The number of carboxylic acids is 1. The number of likely N-dealkylation sites (tertiary alicyclic amines) is 1. The zero-order chi connectivity index (χ0) is 14.1. The van der Waals surface area contributed by atoms with Crippen molar-refractivity contribution in [3.05, 3.63) is 36.1 Å². The lowest BCUT2D eigenvalue weighted by Crippen LogP contribution is -2.42. The lowest BCUT2D eigenvalue weighted by atomic mass is 9.92. The van der Waals surface area contributed by atoms with Gasteiger partial charge in [0, 0.05) is 11.4 Å². The van der Waals surface area contributed by atoms with Crippen LogP contribution in [0.2, 0.25) is 0 Å². The van der Waals surface area contributed by atoms with Gasteiger partial charge in [0.1, 0.15) is 11.3 Å². The first-order chi connectivity index (χ1) is 9.63. The number of carboxylic acid groups (broad SMARTS) is 1. The van der Waals surface area contributed by atoms with Gasteiger partial charge in [0.05, 0.1) is 12.5 Å². The van der Waals surface area contributed by atoms with E-state index in [0.29, 0.717) is 0 Å². The Kier molecular flexibility index (Phi) is 3.49. The van der Waals surface area contributed by atoms with Crippen LogP contribution in [0.1, 0.15) is 25.5 Å². The smallest absolute Gasteiger partial charge is 0.306 e. The third kappa shape index (κ3) is 2.56. The van der Waals surface area contributed by atoms with E-state index in [1.807, 2.05) is 24.3 Å². The molecule has 4 nitrogen and oxygen atoms in total. The zero-order valence-corrected chi connectivity index (χ0v) is 11.6. The van der Waals surface area contributed by atoms with Crippen molar-refractivity contribution >= 4 is 16.9 Å². The van der Waals surface area contributed by atoms with Crippen molar-refractivity contribution in [3.63, 3.8) is 0 Å². The predicted octanol–water partition coefficient (Wildman–Crippen LogP) is 3.12. The Hall–Kier alpha value is -1.81. The summed E-state index contributed by atoms with van der Waals surface area (Å²) in [6.07, 6.45) is 1.44. The molecule has 106 valence electrons. The number of nitrogens with zero attached hydrogens (tertiary/aromatic N) is 1. The van der Waals surface area contributed by atoms with E-state index in [4.69, 9.17) is 9.52 Å². The summed E-state index contributed by atoms with van der Waals surface area (Å²) in [5, 5.41) is 10.2. The highest BCUT2D eigenvalue weighted by Crippen LogP contribution is 2.26. The van der Waals surface area contributed by atoms with Crippen LogP contribution in [0.5, 0.6) is 0 Å². The minimum atomic E-state index is -0.666. The second-order valence-electron chi connectivity index (χ2n) is 5.63. The maximum absolute atomic E-state index is 11.0. The Balaban J connectivity index is 1.70. The fraction of sp³-hybridized carbons (Fsp3) is 0.438. The summed E-state index contributed by atoms with van der Waals surface area (Å²) in [5.74, 6) is 0.0870. The van der Waals surface area contributed by atoms with Crippen LogP contribution >= 0.6 is 0 Å². The van der Waals surface area contributed by atoms with Gasteiger partial charge in [0.25, 0.3) is 0 Å². The van der Waals surface area contributed by atoms with Crippen LogP contribution in [0.4, 0.5) is 0 Å². The standard InChI is InChI=1S/C16H19NO3/c1-11-8-13(16(18)19)6-7-17(11)10-14-9-12-4-2-3-5-15(12)20-14/h2-5,9,11,13H,6-8,10H2,1H3,(H,18,19). The summed E-state index contributed by atoms with van der Waals surface area (Å²) in [5.41, 5.74) is 0.913. The summed E-state index contributed by atoms with van der Waals surface area (Å²) in [7, 11) is 0. The second kappa shape index (κ2) is 5.29. The van der Waals surface area contributed by atoms with E-state index in [1.165, 1.54) is 0 Å². The molecule has 2 aromatic rings. The number of hydrogen-bond donors (Lipinski definition) is 1. The highest BCUT2D eigenvalue weighted by atomic mass is 16.4. The molecule has 0 amide bonds. The molecule has 1 aliphatic rings. The molecule has 2 unspecified atom stereocenters. The highest BCUT2D eigenvalue weighted by Gasteiger charge is 2.29. The van der Waals surface area contributed by atoms with Gasteiger partial charge in [-0.3, -0.25) is 9.69 Å². The number of benzene rings is 1. The third-order valence-electron chi connectivity index (χ3n) is 4.20. The van der Waals surface area contributed by atoms with Gasteiger partial charge in [-0.1, -0.05) is 18.2 Å². The quantitative estimate of drug-likeness (QED) is 0.933. The number of fused-ring (bicyclic) bond motifs is 1. The molecular weight excluding hydrogens is 254 g/mol. The van der Waals surface area contributed by atoms with Crippen molar-refractivity contribution in [3.8, 4) is 0 Å². The minimum absolute atomic E-state index is 0.197. The van der Waals surface area contributed by atoms with Crippen LogP contribution in [-0.2, 0) is 11.3 Å². The van der Waals surface area contributed by atoms with Gasteiger partial charge in [-0.25, -0.2) is 0 Å². The topological polar surface area (TPSA) is 53.7 Å². The Labute approximate surface area is 118 Å². The van der Waals surface area contributed by atoms with Gasteiger partial charge >= 0.3 is 5.97 Å². The molecule has 2 atom stereocenters. The predicted molar refractivity (Wildman–Crippen MR) is 76.4 cm³/mol. The molecule has 0 aliphatic carbocycles. The fourth-order valence-electron chi connectivity index (χ4n) is 2.99. The monoisotopic (exact) mass is 273 g/mol. The molecule has 4 heteroatoms. The molecule has 20 heavy (non-hydrogen) atoms. The third-order valence-corrected chi connectivity index (χ3v) is 4.20. The van der Waals surface area contributed by atoms with E-state index >= 15 is 0 Å². The van der Waals surface area contributed by atoms with Crippen molar-refractivity contribution in [1.82, 2.24) is 4.90 Å². The molecule has 1 aromatic carbocycles. The van der Waals surface area contributed by atoms with Crippen LogP contribution in [0.25, 0.3) is 11.0 Å². The average Bonchev–Trinajstić information content (AvgIpc) is 2.83. The van der Waals surface area contributed by atoms with Gasteiger partial charge in [-0.15, -0.1) is 0 Å². The summed E-state index contributed by atoms with van der Waals surface area (Å²) >= 11 is 0. The molecule has 1 aliphatic heterocycles. The van der Waals surface area contributed by atoms with E-state index in [1.54, 1.807) is 0 Å². The van der Waals surface area contributed by atoms with Crippen LogP contribution in [-0.4, -0.2) is 28.6 Å². The lowest BCUT2D eigenvalue weighted by Gasteiger charge is -2.35. The van der Waals surface area contributed by atoms with Crippen LogP contribution in [0.3, 0.4) is 0 Å². The molecule has 0 spiro atoms. The zero-order valence-electron chi connectivity index (χ0n) is 11.6. The van der Waals surface area contributed by atoms with Gasteiger partial charge < -0.3 is 9.52 Å². The summed E-state index contributed by atoms with van der Waals surface area (Å²) < 4.78 is 5.84. The molecule has 0 bridgehead atoms. The molecule has 1 saturated heterocycles. The number of rotatable bonds is 3. The Morgan fingerprint density at radius 2 is 2.25 bits per heavy atom. The van der Waals surface area contributed by atoms with E-state index < -0.39 is 5.97 Å². The molecule has 0 radical (unpaired) electrons. The van der Waals surface area contributed by atoms with Gasteiger partial charge in [-0.2, -0.15) is 0 Å². The number of carbonyl (C=O) groups is 1. The summed E-state index contributed by atoms with van der Waals surface area (Å²) in [6.45, 7) is 3.66. The van der Waals surface area contributed by atoms with Crippen LogP contribution < -0.4 is 0 Å². The largest absolute Gasteiger partial charge is 0.481 e.